The van der Waals surface area contributed by atoms with Crippen LogP contribution in [-0.4, -0.2) is 51.2 Å². The lowest BCUT2D eigenvalue weighted by Crippen LogP contribution is -2.36. The number of ether oxygens (including phenoxy) is 1. The summed E-state index contributed by atoms with van der Waals surface area (Å²) in [5.74, 6) is 0.292. The lowest BCUT2D eigenvalue weighted by Gasteiger charge is -2.32. The van der Waals surface area contributed by atoms with Crippen LogP contribution in [0.3, 0.4) is 0 Å². The number of methoxy groups -OCH3 is 1. The number of aliphatic hydroxyl groups is 2. The zero-order valence-corrected chi connectivity index (χ0v) is 20.5. The number of aromatic nitrogens is 3. The van der Waals surface area contributed by atoms with Gasteiger partial charge in [-0.1, -0.05) is 11.3 Å². The van der Waals surface area contributed by atoms with E-state index in [1.807, 2.05) is 6.92 Å². The molecule has 0 atom stereocenters. The third-order valence-electron chi connectivity index (χ3n) is 6.09. The van der Waals surface area contributed by atoms with Crippen molar-refractivity contribution in [1.82, 2.24) is 14.6 Å². The zero-order chi connectivity index (χ0) is 23.5. The third kappa shape index (κ3) is 4.05. The number of sulfone groups is 1. The molecule has 0 aliphatic heterocycles. The Labute approximate surface area is 191 Å². The summed E-state index contributed by atoms with van der Waals surface area (Å²) in [6, 6.07) is 5.08. The fraction of sp³-hybridized carbons (Fsp3) is 0.545. The van der Waals surface area contributed by atoms with Gasteiger partial charge in [0.1, 0.15) is 21.3 Å². The minimum absolute atomic E-state index is 0.135. The van der Waals surface area contributed by atoms with Crippen LogP contribution in [0.4, 0.5) is 0 Å². The second kappa shape index (κ2) is 7.79. The fourth-order valence-corrected chi connectivity index (χ4v) is 7.06. The van der Waals surface area contributed by atoms with E-state index in [4.69, 9.17) is 4.74 Å². The molecule has 2 heterocycles. The summed E-state index contributed by atoms with van der Waals surface area (Å²) >= 11 is 1.30. The highest BCUT2D eigenvalue weighted by Gasteiger charge is 2.38. The SMILES string of the molecule is COc1ccc(-c2c(C)nc3sc(C(C)(C)O)nn23)cc1S(=O)(=O)[C@H]1CC[C@@](C)(O)CC1. The van der Waals surface area contributed by atoms with Gasteiger partial charge in [0, 0.05) is 5.56 Å². The predicted molar refractivity (Wildman–Crippen MR) is 123 cm³/mol. The number of hydrogen-bond donors (Lipinski definition) is 2. The first-order chi connectivity index (χ1) is 14.8. The Balaban J connectivity index is 1.81. The lowest BCUT2D eigenvalue weighted by molar-refractivity contribution is 0.0234. The molecular weight excluding hydrogens is 450 g/mol. The molecule has 1 aliphatic carbocycles. The molecule has 3 aromatic rings. The highest BCUT2D eigenvalue weighted by Crippen LogP contribution is 2.39. The number of rotatable bonds is 5. The quantitative estimate of drug-likeness (QED) is 0.576. The van der Waals surface area contributed by atoms with Crippen LogP contribution in [0.2, 0.25) is 0 Å². The summed E-state index contributed by atoms with van der Waals surface area (Å²) in [6.07, 6.45) is 1.69. The summed E-state index contributed by atoms with van der Waals surface area (Å²) in [6.45, 7) is 6.93. The normalized spacial score (nSPS) is 22.4. The molecule has 0 amide bonds. The van der Waals surface area contributed by atoms with Gasteiger partial charge in [-0.3, -0.25) is 0 Å². The third-order valence-corrected chi connectivity index (χ3v) is 9.60. The van der Waals surface area contributed by atoms with Gasteiger partial charge in [0.15, 0.2) is 9.84 Å². The molecule has 0 spiro atoms. The van der Waals surface area contributed by atoms with Gasteiger partial charge in [0.05, 0.1) is 29.3 Å². The zero-order valence-electron chi connectivity index (χ0n) is 18.9. The molecule has 0 bridgehead atoms. The molecular formula is C22H29N3O5S2. The Morgan fingerprint density at radius 2 is 1.94 bits per heavy atom. The molecule has 2 aromatic heterocycles. The van der Waals surface area contributed by atoms with Crippen LogP contribution < -0.4 is 4.74 Å². The Kier molecular flexibility index (Phi) is 5.64. The standard InChI is InChI=1S/C22H29N3O5S2/c1-13-18(25-20(23-13)31-19(24-25)21(2,3)26)14-6-7-16(30-5)17(12-14)32(28,29)15-8-10-22(4,27)11-9-15/h6-7,12,15,26-27H,8-11H2,1-5H3/t15-,22+. The molecule has 1 aromatic carbocycles. The number of hydrogen-bond acceptors (Lipinski definition) is 8. The molecule has 1 saturated carbocycles. The molecule has 0 radical (unpaired) electrons. The number of fused-ring (bicyclic) bond motifs is 1. The summed E-state index contributed by atoms with van der Waals surface area (Å²) in [5.41, 5.74) is 0.129. The molecule has 32 heavy (non-hydrogen) atoms. The fourth-order valence-electron chi connectivity index (χ4n) is 4.18. The number of nitrogens with zero attached hydrogens (tertiary/aromatic N) is 3. The minimum atomic E-state index is -3.68. The van der Waals surface area contributed by atoms with Crippen molar-refractivity contribution in [2.75, 3.05) is 7.11 Å². The van der Waals surface area contributed by atoms with Crippen molar-refractivity contribution in [3.63, 3.8) is 0 Å². The summed E-state index contributed by atoms with van der Waals surface area (Å²) in [7, 11) is -2.22. The molecule has 1 fully saturated rings. The van der Waals surface area contributed by atoms with Gasteiger partial charge in [-0.25, -0.2) is 17.9 Å². The highest BCUT2D eigenvalue weighted by atomic mass is 32.2. The van der Waals surface area contributed by atoms with Gasteiger partial charge in [-0.15, -0.1) is 0 Å². The van der Waals surface area contributed by atoms with Crippen LogP contribution in [-0.2, 0) is 15.4 Å². The van der Waals surface area contributed by atoms with Crippen LogP contribution in [0.15, 0.2) is 23.1 Å². The Morgan fingerprint density at radius 1 is 1.28 bits per heavy atom. The van der Waals surface area contributed by atoms with Gasteiger partial charge in [0.25, 0.3) is 0 Å². The van der Waals surface area contributed by atoms with Gasteiger partial charge in [-0.2, -0.15) is 5.10 Å². The Bertz CT molecular complexity index is 1260. The maximum atomic E-state index is 13.6. The van der Waals surface area contributed by atoms with Crippen LogP contribution >= 0.6 is 11.3 Å². The smallest absolute Gasteiger partial charge is 0.213 e. The summed E-state index contributed by atoms with van der Waals surface area (Å²) in [4.78, 5) is 5.33. The van der Waals surface area contributed by atoms with Crippen molar-refractivity contribution in [3.8, 4) is 17.0 Å². The first-order valence-corrected chi connectivity index (χ1v) is 12.9. The monoisotopic (exact) mass is 479 g/mol. The van der Waals surface area contributed by atoms with Gasteiger partial charge in [-0.05, 0) is 71.6 Å². The van der Waals surface area contributed by atoms with E-state index in [-0.39, 0.29) is 4.90 Å². The van der Waals surface area contributed by atoms with Gasteiger partial charge >= 0.3 is 0 Å². The van der Waals surface area contributed by atoms with E-state index in [2.05, 4.69) is 10.1 Å². The Hall–Kier alpha value is -2.01. The second-order valence-electron chi connectivity index (χ2n) is 9.31. The van der Waals surface area contributed by atoms with E-state index in [1.54, 1.807) is 43.5 Å². The first-order valence-electron chi connectivity index (χ1n) is 10.6. The van der Waals surface area contributed by atoms with E-state index in [0.29, 0.717) is 58.4 Å². The maximum absolute atomic E-state index is 13.6. The van der Waals surface area contributed by atoms with Crippen LogP contribution in [0.25, 0.3) is 16.2 Å². The topological polar surface area (TPSA) is 114 Å². The number of benzene rings is 1. The van der Waals surface area contributed by atoms with Crippen molar-refractivity contribution in [1.29, 1.82) is 0 Å². The lowest BCUT2D eigenvalue weighted by atomic mass is 9.86. The largest absolute Gasteiger partial charge is 0.495 e. The van der Waals surface area contributed by atoms with E-state index in [1.165, 1.54) is 18.4 Å². The first kappa shape index (κ1) is 23.2. The Morgan fingerprint density at radius 3 is 2.53 bits per heavy atom. The molecule has 1 aliphatic rings. The molecule has 2 N–H and O–H groups in total. The van der Waals surface area contributed by atoms with Crippen molar-refractivity contribution < 1.29 is 23.4 Å². The maximum Gasteiger partial charge on any atom is 0.213 e. The van der Waals surface area contributed by atoms with Crippen molar-refractivity contribution in [2.24, 2.45) is 0 Å². The van der Waals surface area contributed by atoms with Gasteiger partial charge in [0.2, 0.25) is 4.96 Å². The predicted octanol–water partition coefficient (Wildman–Crippen LogP) is 3.47. The van der Waals surface area contributed by atoms with E-state index in [0.717, 1.165) is 0 Å². The molecule has 8 nitrogen and oxygen atoms in total. The van der Waals surface area contributed by atoms with Crippen molar-refractivity contribution >= 4 is 26.1 Å². The molecule has 174 valence electrons. The highest BCUT2D eigenvalue weighted by molar-refractivity contribution is 7.92. The van der Waals surface area contributed by atoms with Gasteiger partial charge < -0.3 is 14.9 Å². The molecule has 10 heteroatoms. The van der Waals surface area contributed by atoms with Crippen molar-refractivity contribution in [2.45, 2.75) is 74.7 Å². The second-order valence-corrected chi connectivity index (χ2v) is 12.5. The van der Waals surface area contributed by atoms with E-state index >= 15 is 0 Å². The summed E-state index contributed by atoms with van der Waals surface area (Å²) in [5, 5.41) is 25.1. The van der Waals surface area contributed by atoms with E-state index < -0.39 is 26.3 Å². The van der Waals surface area contributed by atoms with Crippen LogP contribution in [0.5, 0.6) is 5.75 Å². The van der Waals surface area contributed by atoms with Crippen LogP contribution in [0.1, 0.15) is 57.2 Å². The van der Waals surface area contributed by atoms with Crippen molar-refractivity contribution in [3.05, 3.63) is 28.9 Å². The molecule has 0 unspecified atom stereocenters. The van der Waals surface area contributed by atoms with E-state index in [9.17, 15) is 18.6 Å². The molecule has 0 saturated heterocycles. The number of imidazole rings is 1. The molecule has 4 rings (SSSR count). The average molecular weight is 480 g/mol. The average Bonchev–Trinajstić information content (AvgIpc) is 3.24. The minimum Gasteiger partial charge on any atom is -0.495 e. The van der Waals surface area contributed by atoms with Crippen LogP contribution in [0, 0.1) is 6.92 Å². The number of aryl methyl sites for hydroxylation is 1. The summed E-state index contributed by atoms with van der Waals surface area (Å²) < 4.78 is 34.2.